The van der Waals surface area contributed by atoms with Crippen molar-refractivity contribution in [3.05, 3.63) is 35.7 Å². The van der Waals surface area contributed by atoms with Gasteiger partial charge in [-0.2, -0.15) is 0 Å². The van der Waals surface area contributed by atoms with Gasteiger partial charge in [0.2, 0.25) is 0 Å². The lowest BCUT2D eigenvalue weighted by atomic mass is 10.0. The normalized spacial score (nSPS) is 12.9. The van der Waals surface area contributed by atoms with Gasteiger partial charge < -0.3 is 10.1 Å². The Kier molecular flexibility index (Phi) is 3.54. The van der Waals surface area contributed by atoms with Crippen LogP contribution in [0.5, 0.6) is 5.75 Å². The van der Waals surface area contributed by atoms with Crippen molar-refractivity contribution in [1.82, 2.24) is 9.97 Å². The molecule has 1 aliphatic heterocycles. The summed E-state index contributed by atoms with van der Waals surface area (Å²) in [6, 6.07) is 6.29. The minimum Gasteiger partial charge on any atom is -0.493 e. The predicted molar refractivity (Wildman–Crippen MR) is 80.2 cm³/mol. The van der Waals surface area contributed by atoms with Gasteiger partial charge in [0.25, 0.3) is 0 Å². The Morgan fingerprint density at radius 3 is 3.05 bits per heavy atom. The van der Waals surface area contributed by atoms with E-state index in [1.807, 2.05) is 6.07 Å². The quantitative estimate of drug-likeness (QED) is 0.926. The van der Waals surface area contributed by atoms with Gasteiger partial charge in [-0.15, -0.1) is 0 Å². The van der Waals surface area contributed by atoms with Crippen molar-refractivity contribution >= 4 is 5.82 Å². The molecule has 2 heterocycles. The lowest BCUT2D eigenvalue weighted by Gasteiger charge is -2.11. The Balaban J connectivity index is 1.97. The van der Waals surface area contributed by atoms with E-state index in [0.717, 1.165) is 54.4 Å². The van der Waals surface area contributed by atoms with E-state index in [1.165, 1.54) is 5.56 Å². The highest BCUT2D eigenvalue weighted by molar-refractivity contribution is 5.69. The second kappa shape index (κ2) is 5.49. The fourth-order valence-electron chi connectivity index (χ4n) is 2.50. The van der Waals surface area contributed by atoms with Gasteiger partial charge >= 0.3 is 0 Å². The number of aromatic nitrogens is 2. The molecule has 104 valence electrons. The van der Waals surface area contributed by atoms with Crippen molar-refractivity contribution in [2.75, 3.05) is 18.5 Å². The molecule has 0 saturated heterocycles. The van der Waals surface area contributed by atoms with Gasteiger partial charge in [-0.05, 0) is 37.1 Å². The lowest BCUT2D eigenvalue weighted by molar-refractivity contribution is 0.357. The van der Waals surface area contributed by atoms with Crippen LogP contribution in [0, 0.1) is 6.92 Å². The first-order valence-corrected chi connectivity index (χ1v) is 7.11. The van der Waals surface area contributed by atoms with Gasteiger partial charge in [0, 0.05) is 24.1 Å². The minimum absolute atomic E-state index is 0.783. The zero-order chi connectivity index (χ0) is 13.9. The predicted octanol–water partition coefficient (Wildman–Crippen LogP) is 3.21. The highest BCUT2D eigenvalue weighted by Crippen LogP contribution is 2.31. The van der Waals surface area contributed by atoms with Crippen molar-refractivity contribution < 1.29 is 4.74 Å². The van der Waals surface area contributed by atoms with Crippen LogP contribution in [-0.4, -0.2) is 23.1 Å². The second-order valence-electron chi connectivity index (χ2n) is 5.04. The lowest BCUT2D eigenvalue weighted by Crippen LogP contribution is -2.05. The smallest absolute Gasteiger partial charge is 0.132 e. The Labute approximate surface area is 119 Å². The summed E-state index contributed by atoms with van der Waals surface area (Å²) in [5.41, 5.74) is 4.49. The number of hydrogen-bond acceptors (Lipinski definition) is 4. The van der Waals surface area contributed by atoms with Crippen LogP contribution in [0.15, 0.2) is 24.5 Å². The van der Waals surface area contributed by atoms with E-state index < -0.39 is 0 Å². The number of anilines is 1. The molecular formula is C16H19N3O. The van der Waals surface area contributed by atoms with Gasteiger partial charge in [-0.3, -0.25) is 0 Å². The van der Waals surface area contributed by atoms with Crippen molar-refractivity contribution in [3.63, 3.8) is 0 Å². The summed E-state index contributed by atoms with van der Waals surface area (Å²) in [5, 5.41) is 3.35. The van der Waals surface area contributed by atoms with Crippen LogP contribution < -0.4 is 10.1 Å². The Hall–Kier alpha value is -2.10. The van der Waals surface area contributed by atoms with Gasteiger partial charge in [-0.25, -0.2) is 9.97 Å². The van der Waals surface area contributed by atoms with Crippen molar-refractivity contribution in [1.29, 1.82) is 0 Å². The van der Waals surface area contributed by atoms with Crippen molar-refractivity contribution in [2.45, 2.75) is 26.7 Å². The van der Waals surface area contributed by atoms with Crippen LogP contribution in [0.4, 0.5) is 5.82 Å². The fourth-order valence-corrected chi connectivity index (χ4v) is 2.50. The van der Waals surface area contributed by atoms with Crippen LogP contribution in [0.25, 0.3) is 11.3 Å². The van der Waals surface area contributed by atoms with Crippen LogP contribution in [0.3, 0.4) is 0 Å². The van der Waals surface area contributed by atoms with Crippen LogP contribution >= 0.6 is 0 Å². The third-order valence-electron chi connectivity index (χ3n) is 3.59. The van der Waals surface area contributed by atoms with E-state index in [2.05, 4.69) is 41.3 Å². The monoisotopic (exact) mass is 269 g/mol. The summed E-state index contributed by atoms with van der Waals surface area (Å²) < 4.78 is 5.55. The van der Waals surface area contributed by atoms with Crippen LogP contribution in [0.1, 0.15) is 24.5 Å². The Morgan fingerprint density at radius 1 is 1.30 bits per heavy atom. The molecule has 1 N–H and O–H groups in total. The molecule has 0 saturated carbocycles. The first-order chi connectivity index (χ1) is 9.79. The molecule has 0 bridgehead atoms. The van der Waals surface area contributed by atoms with Crippen molar-refractivity contribution in [2.24, 2.45) is 0 Å². The van der Waals surface area contributed by atoms with Crippen LogP contribution in [-0.2, 0) is 6.42 Å². The SMILES string of the molecule is CCCNc1ncnc(-c2ccc3c(c2)CCO3)c1C. The van der Waals surface area contributed by atoms with E-state index in [1.54, 1.807) is 6.33 Å². The number of nitrogens with one attached hydrogen (secondary N) is 1. The first kappa shape index (κ1) is 12.9. The molecule has 0 fully saturated rings. The molecule has 0 amide bonds. The molecule has 2 aromatic rings. The highest BCUT2D eigenvalue weighted by atomic mass is 16.5. The Bertz CT molecular complexity index is 625. The number of nitrogens with zero attached hydrogens (tertiary/aromatic N) is 2. The highest BCUT2D eigenvalue weighted by Gasteiger charge is 2.15. The summed E-state index contributed by atoms with van der Waals surface area (Å²) in [7, 11) is 0. The fraction of sp³-hybridized carbons (Fsp3) is 0.375. The molecule has 4 nitrogen and oxygen atoms in total. The third kappa shape index (κ3) is 2.33. The summed E-state index contributed by atoms with van der Waals surface area (Å²) in [4.78, 5) is 8.78. The molecule has 0 atom stereocenters. The maximum atomic E-state index is 5.55. The maximum absolute atomic E-state index is 5.55. The zero-order valence-corrected chi connectivity index (χ0v) is 11.9. The summed E-state index contributed by atoms with van der Waals surface area (Å²) in [6.07, 6.45) is 3.69. The van der Waals surface area contributed by atoms with E-state index in [9.17, 15) is 0 Å². The molecule has 0 spiro atoms. The molecule has 1 aromatic heterocycles. The molecule has 1 aliphatic rings. The number of ether oxygens (including phenoxy) is 1. The molecule has 0 radical (unpaired) electrons. The number of hydrogen-bond donors (Lipinski definition) is 1. The molecule has 3 rings (SSSR count). The average molecular weight is 269 g/mol. The van der Waals surface area contributed by atoms with Gasteiger partial charge in [-0.1, -0.05) is 6.92 Å². The summed E-state index contributed by atoms with van der Waals surface area (Å²) >= 11 is 0. The third-order valence-corrected chi connectivity index (χ3v) is 3.59. The zero-order valence-electron chi connectivity index (χ0n) is 11.9. The van der Waals surface area contributed by atoms with E-state index in [0.29, 0.717) is 0 Å². The van der Waals surface area contributed by atoms with Gasteiger partial charge in [0.1, 0.15) is 17.9 Å². The van der Waals surface area contributed by atoms with Crippen LogP contribution in [0.2, 0.25) is 0 Å². The maximum Gasteiger partial charge on any atom is 0.132 e. The molecular weight excluding hydrogens is 250 g/mol. The molecule has 4 heteroatoms. The summed E-state index contributed by atoms with van der Waals surface area (Å²) in [5.74, 6) is 1.93. The van der Waals surface area contributed by atoms with Crippen molar-refractivity contribution in [3.8, 4) is 17.0 Å². The minimum atomic E-state index is 0.783. The largest absolute Gasteiger partial charge is 0.493 e. The molecule has 1 aromatic carbocycles. The number of rotatable bonds is 4. The second-order valence-corrected chi connectivity index (χ2v) is 5.04. The van der Waals surface area contributed by atoms with Gasteiger partial charge in [0.15, 0.2) is 0 Å². The topological polar surface area (TPSA) is 47.0 Å². The number of benzene rings is 1. The average Bonchev–Trinajstić information content (AvgIpc) is 2.93. The first-order valence-electron chi connectivity index (χ1n) is 7.11. The van der Waals surface area contributed by atoms with Gasteiger partial charge in [0.05, 0.1) is 12.3 Å². The number of fused-ring (bicyclic) bond motifs is 1. The van der Waals surface area contributed by atoms with E-state index >= 15 is 0 Å². The molecule has 0 unspecified atom stereocenters. The van der Waals surface area contributed by atoms with E-state index in [-0.39, 0.29) is 0 Å². The Morgan fingerprint density at radius 2 is 2.20 bits per heavy atom. The molecule has 0 aliphatic carbocycles. The molecule has 20 heavy (non-hydrogen) atoms. The summed E-state index contributed by atoms with van der Waals surface area (Å²) in [6.45, 7) is 5.92. The standard InChI is InChI=1S/C16H19N3O/c1-3-7-17-16-11(2)15(18-10-19-16)13-4-5-14-12(9-13)6-8-20-14/h4-5,9-10H,3,6-8H2,1-2H3,(H,17,18,19). The van der Waals surface area contributed by atoms with E-state index in [4.69, 9.17) is 4.74 Å².